The molecule has 1 aliphatic heterocycles. The summed E-state index contributed by atoms with van der Waals surface area (Å²) in [7, 11) is 4.50. The number of fused-ring (bicyclic) bond motifs is 1. The van der Waals surface area contributed by atoms with Crippen LogP contribution < -0.4 is 9.38 Å². The van der Waals surface area contributed by atoms with Crippen molar-refractivity contribution in [3.05, 3.63) is 54.1 Å². The fourth-order valence-corrected chi connectivity index (χ4v) is 3.32. The van der Waals surface area contributed by atoms with E-state index < -0.39 is 0 Å². The normalized spacial score (nSPS) is 25.5. The highest BCUT2D eigenvalue weighted by atomic mass is 15.5. The topological polar surface area (TPSA) is 3.24 Å². The van der Waals surface area contributed by atoms with Gasteiger partial charge in [0.25, 0.3) is 0 Å². The molecular weight excluding hydrogens is 232 g/mol. The summed E-state index contributed by atoms with van der Waals surface area (Å²) in [4.78, 5) is 2.38. The molecule has 0 bridgehead atoms. The Hall–Kier alpha value is -1.80. The van der Waals surface area contributed by atoms with Crippen LogP contribution in [0.1, 0.15) is 12.5 Å². The maximum Gasteiger partial charge on any atom is 0.171 e. The minimum atomic E-state index is 0.401. The summed E-state index contributed by atoms with van der Waals surface area (Å²) >= 11 is 0. The monoisotopic (exact) mass is 253 g/mol. The lowest BCUT2D eigenvalue weighted by Gasteiger charge is -2.36. The van der Waals surface area contributed by atoms with Gasteiger partial charge in [-0.15, -0.1) is 0 Å². The minimum Gasteiger partial charge on any atom is -0.320 e. The van der Waals surface area contributed by atoms with Crippen molar-refractivity contribution in [2.45, 2.75) is 20.0 Å². The Morgan fingerprint density at radius 2 is 1.53 bits per heavy atom. The van der Waals surface area contributed by atoms with Crippen molar-refractivity contribution in [1.82, 2.24) is 4.48 Å². The molecule has 0 spiro atoms. The predicted molar refractivity (Wildman–Crippen MR) is 82.9 cm³/mol. The largest absolute Gasteiger partial charge is 0.320 e. The van der Waals surface area contributed by atoms with Gasteiger partial charge in [0, 0.05) is 25.6 Å². The molecule has 0 N–H and O–H groups in total. The van der Waals surface area contributed by atoms with E-state index >= 15 is 0 Å². The van der Waals surface area contributed by atoms with Crippen molar-refractivity contribution in [3.63, 3.8) is 0 Å². The third-order valence-electron chi connectivity index (χ3n) is 4.69. The third kappa shape index (κ3) is 1.53. The molecule has 2 atom stereocenters. The molecule has 1 heterocycles. The highest BCUT2D eigenvalue weighted by molar-refractivity contribution is 5.80. The van der Waals surface area contributed by atoms with Crippen molar-refractivity contribution in [3.8, 4) is 0 Å². The van der Waals surface area contributed by atoms with Crippen LogP contribution in [0.2, 0.25) is 0 Å². The fraction of sp³-hybridized carbons (Fsp3) is 0.294. The molecule has 0 fully saturated rings. The summed E-state index contributed by atoms with van der Waals surface area (Å²) in [6, 6.07) is 17.4. The van der Waals surface area contributed by atoms with Crippen LogP contribution in [0.5, 0.6) is 0 Å². The van der Waals surface area contributed by atoms with Gasteiger partial charge in [0.05, 0.1) is 7.05 Å². The highest BCUT2D eigenvalue weighted by Crippen LogP contribution is 2.49. The van der Waals surface area contributed by atoms with Crippen molar-refractivity contribution in [2.75, 3.05) is 19.0 Å². The summed E-state index contributed by atoms with van der Waals surface area (Å²) < 4.78 is 0.847. The number of rotatable bonds is 1. The molecule has 2 nitrogen and oxygen atoms in total. The first-order valence-corrected chi connectivity index (χ1v) is 6.81. The predicted octanol–water partition coefficient (Wildman–Crippen LogP) is 4.06. The molecule has 0 aliphatic carbocycles. The number of hydrogen-bond donors (Lipinski definition) is 0. The first kappa shape index (κ1) is 12.2. The van der Waals surface area contributed by atoms with Crippen LogP contribution in [0, 0.1) is 6.92 Å². The van der Waals surface area contributed by atoms with E-state index in [9.17, 15) is 0 Å². The van der Waals surface area contributed by atoms with Gasteiger partial charge in [-0.2, -0.15) is 0 Å². The highest BCUT2D eigenvalue weighted by Gasteiger charge is 2.46. The minimum absolute atomic E-state index is 0.401. The Labute approximate surface area is 115 Å². The van der Waals surface area contributed by atoms with Crippen LogP contribution in [0.15, 0.2) is 48.5 Å². The van der Waals surface area contributed by atoms with Gasteiger partial charge >= 0.3 is 0 Å². The molecule has 0 saturated carbocycles. The number of nitrogens with zero attached hydrogens (tertiary/aromatic N) is 2. The molecule has 0 aromatic heterocycles. The van der Waals surface area contributed by atoms with Crippen LogP contribution in [0.4, 0.5) is 17.1 Å². The zero-order valence-corrected chi connectivity index (χ0v) is 12.1. The average molecular weight is 253 g/mol. The van der Waals surface area contributed by atoms with Crippen molar-refractivity contribution < 1.29 is 0 Å². The second-order valence-electron chi connectivity index (χ2n) is 5.59. The Kier molecular flexibility index (Phi) is 2.64. The fourth-order valence-electron chi connectivity index (χ4n) is 3.32. The zero-order valence-electron chi connectivity index (χ0n) is 12.1. The van der Waals surface area contributed by atoms with Gasteiger partial charge in [0.1, 0.15) is 11.4 Å². The number of hydrogen-bond acceptors (Lipinski definition) is 1. The van der Waals surface area contributed by atoms with E-state index in [1.807, 2.05) is 0 Å². The van der Waals surface area contributed by atoms with E-state index in [2.05, 4.69) is 81.4 Å². The summed E-state index contributed by atoms with van der Waals surface area (Å²) in [5, 5.41) is 0. The van der Waals surface area contributed by atoms with Gasteiger partial charge in [-0.25, -0.2) is 4.48 Å². The van der Waals surface area contributed by atoms with E-state index in [-0.39, 0.29) is 0 Å². The first-order valence-electron chi connectivity index (χ1n) is 6.81. The second-order valence-corrected chi connectivity index (χ2v) is 5.59. The maximum atomic E-state index is 2.38. The van der Waals surface area contributed by atoms with Gasteiger partial charge in [-0.3, -0.25) is 0 Å². The lowest BCUT2D eigenvalue weighted by Crippen LogP contribution is -2.50. The molecule has 0 radical (unpaired) electrons. The summed E-state index contributed by atoms with van der Waals surface area (Å²) in [6.45, 7) is 4.50. The molecule has 2 aromatic rings. The van der Waals surface area contributed by atoms with Gasteiger partial charge in [-0.1, -0.05) is 30.3 Å². The molecule has 2 heteroatoms. The number of benzene rings is 2. The molecule has 0 saturated heterocycles. The average Bonchev–Trinajstić information content (AvgIpc) is 2.63. The molecule has 98 valence electrons. The first-order chi connectivity index (χ1) is 9.06. The summed E-state index contributed by atoms with van der Waals surface area (Å²) in [6.07, 6.45) is 0.401. The van der Waals surface area contributed by atoms with E-state index in [1.54, 1.807) is 0 Å². The molecule has 2 aromatic carbocycles. The van der Waals surface area contributed by atoms with Crippen molar-refractivity contribution >= 4 is 17.1 Å². The molecule has 1 aliphatic rings. The van der Waals surface area contributed by atoms with Crippen LogP contribution in [0.25, 0.3) is 0 Å². The van der Waals surface area contributed by atoms with Crippen LogP contribution in [0.3, 0.4) is 0 Å². The van der Waals surface area contributed by atoms with Gasteiger partial charge < -0.3 is 4.90 Å². The number of aryl methyl sites for hydroxylation is 1. The Morgan fingerprint density at radius 3 is 2.21 bits per heavy atom. The lowest BCUT2D eigenvalue weighted by molar-refractivity contribution is 0.380. The van der Waals surface area contributed by atoms with Gasteiger partial charge in [0.2, 0.25) is 0 Å². The van der Waals surface area contributed by atoms with Crippen LogP contribution >= 0.6 is 0 Å². The summed E-state index contributed by atoms with van der Waals surface area (Å²) in [5.41, 5.74) is 5.45. The summed E-state index contributed by atoms with van der Waals surface area (Å²) in [5.74, 6) is 0. The SMILES string of the molecule is Cc1ccccc1[N@@+]1(C)c2ccccc2N(C)[C@@H]1C. The van der Waals surface area contributed by atoms with Gasteiger partial charge in [-0.05, 0) is 19.1 Å². The number of para-hydroxylation sites is 3. The number of anilines is 1. The third-order valence-corrected chi connectivity index (χ3v) is 4.69. The van der Waals surface area contributed by atoms with E-state index in [4.69, 9.17) is 0 Å². The molecule has 3 rings (SSSR count). The van der Waals surface area contributed by atoms with E-state index in [0.717, 1.165) is 4.48 Å². The van der Waals surface area contributed by atoms with Crippen LogP contribution in [-0.4, -0.2) is 20.3 Å². The lowest BCUT2D eigenvalue weighted by atomic mass is 10.1. The Balaban J connectivity index is 2.27. The molecule has 19 heavy (non-hydrogen) atoms. The van der Waals surface area contributed by atoms with Gasteiger partial charge in [0.15, 0.2) is 11.9 Å². The Bertz CT molecular complexity index is 620. The number of quaternary nitrogens is 1. The van der Waals surface area contributed by atoms with E-state index in [0.29, 0.717) is 6.17 Å². The van der Waals surface area contributed by atoms with Crippen molar-refractivity contribution in [1.29, 1.82) is 0 Å². The van der Waals surface area contributed by atoms with Crippen LogP contribution in [-0.2, 0) is 0 Å². The molecule has 0 unspecified atom stereocenters. The zero-order chi connectivity index (χ0) is 13.6. The maximum absolute atomic E-state index is 2.38. The molecule has 0 amide bonds. The van der Waals surface area contributed by atoms with Crippen molar-refractivity contribution in [2.24, 2.45) is 0 Å². The second kappa shape index (κ2) is 4.10. The quantitative estimate of drug-likeness (QED) is 0.693. The smallest absolute Gasteiger partial charge is 0.171 e. The standard InChI is InChI=1S/C17H21N2/c1-13-9-5-7-11-16(13)19(4)14(2)18(3)15-10-6-8-12-17(15)19/h5-12,14H,1-4H3/q+1/t14-,19-/m0/s1. The molecular formula is C17H21N2+. The van der Waals surface area contributed by atoms with E-state index in [1.165, 1.54) is 22.6 Å². The Morgan fingerprint density at radius 1 is 0.947 bits per heavy atom.